The average Bonchev–Trinajstić information content (AvgIpc) is 2.95. The Labute approximate surface area is 108 Å². The third-order valence-electron chi connectivity index (χ3n) is 2.43. The van der Waals surface area contributed by atoms with Gasteiger partial charge >= 0.3 is 0 Å². The van der Waals surface area contributed by atoms with E-state index in [4.69, 9.17) is 5.73 Å². The summed E-state index contributed by atoms with van der Waals surface area (Å²) in [6.45, 7) is 2.16. The van der Waals surface area contributed by atoms with Crippen molar-refractivity contribution in [3.8, 4) is 0 Å². The van der Waals surface area contributed by atoms with Crippen LogP contribution < -0.4 is 10.5 Å². The zero-order valence-electron chi connectivity index (χ0n) is 9.67. The summed E-state index contributed by atoms with van der Waals surface area (Å²) in [5, 5.41) is 6.16. The first kappa shape index (κ1) is 13.1. The minimum Gasteiger partial charge on any atom is -0.326 e. The fourth-order valence-corrected chi connectivity index (χ4v) is 3.35. The highest BCUT2D eigenvalue weighted by atomic mass is 32.2. The second-order valence-corrected chi connectivity index (χ2v) is 6.26. The van der Waals surface area contributed by atoms with Gasteiger partial charge in [0.05, 0.1) is 17.4 Å². The fourth-order valence-electron chi connectivity index (χ4n) is 1.41. The Hall–Kier alpha value is -1.29. The summed E-state index contributed by atoms with van der Waals surface area (Å²) in [5.41, 5.74) is 8.41. The van der Waals surface area contributed by atoms with E-state index in [2.05, 4.69) is 19.9 Å². The topological polar surface area (TPSA) is 114 Å². The Bertz CT molecular complexity index is 631. The number of sulfonamides is 1. The molecular formula is C9H13N5O2S2. The normalized spacial score (nSPS) is 11.9. The van der Waals surface area contributed by atoms with Crippen LogP contribution in [0.2, 0.25) is 0 Å². The van der Waals surface area contributed by atoms with E-state index >= 15 is 0 Å². The van der Waals surface area contributed by atoms with Crippen LogP contribution in [0.25, 0.3) is 0 Å². The van der Waals surface area contributed by atoms with Crippen molar-refractivity contribution < 1.29 is 8.42 Å². The molecule has 0 radical (unpaired) electrons. The third-order valence-corrected chi connectivity index (χ3v) is 4.78. The van der Waals surface area contributed by atoms with Crippen LogP contribution >= 0.6 is 11.3 Å². The molecule has 9 heteroatoms. The van der Waals surface area contributed by atoms with E-state index in [1.807, 2.05) is 6.92 Å². The van der Waals surface area contributed by atoms with Crippen LogP contribution in [0.3, 0.4) is 0 Å². The first-order valence-electron chi connectivity index (χ1n) is 5.15. The van der Waals surface area contributed by atoms with Gasteiger partial charge in [-0.3, -0.25) is 5.10 Å². The van der Waals surface area contributed by atoms with Gasteiger partial charge in [0.2, 0.25) is 0 Å². The number of aromatic nitrogens is 3. The Morgan fingerprint density at radius 3 is 2.94 bits per heavy atom. The van der Waals surface area contributed by atoms with Crippen LogP contribution in [-0.4, -0.2) is 23.6 Å². The average molecular weight is 287 g/mol. The minimum absolute atomic E-state index is 0.0205. The Kier molecular flexibility index (Phi) is 3.76. The van der Waals surface area contributed by atoms with E-state index in [-0.39, 0.29) is 18.1 Å². The second-order valence-electron chi connectivity index (χ2n) is 3.61. The molecule has 7 nitrogen and oxygen atoms in total. The van der Waals surface area contributed by atoms with Gasteiger partial charge in [0, 0.05) is 23.5 Å². The highest BCUT2D eigenvalue weighted by Gasteiger charge is 2.20. The molecule has 0 fully saturated rings. The zero-order chi connectivity index (χ0) is 13.2. The number of H-pyrrole nitrogens is 1. The summed E-state index contributed by atoms with van der Waals surface area (Å²) in [4.78, 5) is 4.94. The number of thiazole rings is 1. The molecule has 2 aromatic heterocycles. The van der Waals surface area contributed by atoms with Gasteiger partial charge in [0.1, 0.15) is 0 Å². The molecule has 18 heavy (non-hydrogen) atoms. The summed E-state index contributed by atoms with van der Waals surface area (Å²) in [6.07, 6.45) is 1.41. The number of hydrogen-bond acceptors (Lipinski definition) is 6. The lowest BCUT2D eigenvalue weighted by molar-refractivity contribution is 0.576. The van der Waals surface area contributed by atoms with Crippen LogP contribution in [-0.2, 0) is 23.1 Å². The molecule has 98 valence electrons. The van der Waals surface area contributed by atoms with Crippen molar-refractivity contribution in [3.63, 3.8) is 0 Å². The van der Waals surface area contributed by atoms with Crippen LogP contribution in [0.4, 0.5) is 0 Å². The Balaban J connectivity index is 2.16. The van der Waals surface area contributed by atoms with Crippen LogP contribution in [0.15, 0.2) is 16.7 Å². The van der Waals surface area contributed by atoms with Crippen LogP contribution in [0, 0.1) is 6.92 Å². The van der Waals surface area contributed by atoms with Crippen molar-refractivity contribution in [3.05, 3.63) is 27.8 Å². The molecule has 0 aliphatic carbocycles. The number of rotatable bonds is 5. The van der Waals surface area contributed by atoms with E-state index in [1.54, 1.807) is 5.51 Å². The van der Waals surface area contributed by atoms with Crippen LogP contribution in [0.1, 0.15) is 16.1 Å². The molecule has 0 saturated carbocycles. The smallest absolute Gasteiger partial charge is 0.258 e. The number of hydrogen-bond donors (Lipinski definition) is 3. The summed E-state index contributed by atoms with van der Waals surface area (Å²) < 4.78 is 26.5. The third kappa shape index (κ3) is 2.58. The van der Waals surface area contributed by atoms with Gasteiger partial charge in [-0.05, 0) is 6.92 Å². The molecule has 2 rings (SSSR count). The van der Waals surface area contributed by atoms with E-state index in [0.29, 0.717) is 5.56 Å². The monoisotopic (exact) mass is 287 g/mol. The van der Waals surface area contributed by atoms with Crippen molar-refractivity contribution in [1.82, 2.24) is 19.9 Å². The number of aromatic amines is 1. The van der Waals surface area contributed by atoms with Gasteiger partial charge in [0.15, 0.2) is 5.03 Å². The molecule has 0 bridgehead atoms. The predicted molar refractivity (Wildman–Crippen MR) is 67.4 cm³/mol. The highest BCUT2D eigenvalue weighted by Crippen LogP contribution is 2.15. The summed E-state index contributed by atoms with van der Waals surface area (Å²) in [5.74, 6) is 0. The van der Waals surface area contributed by atoms with E-state index in [1.165, 1.54) is 17.5 Å². The predicted octanol–water partition coefficient (Wildman–Crippen LogP) is 0.112. The van der Waals surface area contributed by atoms with Gasteiger partial charge in [-0.2, -0.15) is 5.10 Å². The quantitative estimate of drug-likeness (QED) is 0.722. The molecule has 0 amide bonds. The second kappa shape index (κ2) is 5.14. The van der Waals surface area contributed by atoms with Crippen molar-refractivity contribution in [2.75, 3.05) is 0 Å². The van der Waals surface area contributed by atoms with Gasteiger partial charge in [-0.25, -0.2) is 18.1 Å². The lowest BCUT2D eigenvalue weighted by atomic mass is 10.4. The maximum Gasteiger partial charge on any atom is 0.258 e. The highest BCUT2D eigenvalue weighted by molar-refractivity contribution is 7.89. The lowest BCUT2D eigenvalue weighted by Gasteiger charge is -2.05. The SMILES string of the molecule is Cc1ncsc1CNS(=O)(=O)c1[nH]ncc1CN. The molecule has 0 spiro atoms. The van der Waals surface area contributed by atoms with Gasteiger partial charge in [-0.1, -0.05) is 0 Å². The first-order valence-corrected chi connectivity index (χ1v) is 7.52. The number of aryl methyl sites for hydroxylation is 1. The van der Waals surface area contributed by atoms with E-state index in [9.17, 15) is 8.42 Å². The molecule has 0 unspecified atom stereocenters. The number of nitrogens with two attached hydrogens (primary N) is 1. The maximum atomic E-state index is 12.0. The fraction of sp³-hybridized carbons (Fsp3) is 0.333. The summed E-state index contributed by atoms with van der Waals surface area (Å²) in [7, 11) is -3.62. The van der Waals surface area contributed by atoms with Gasteiger partial charge in [0.25, 0.3) is 10.0 Å². The minimum atomic E-state index is -3.62. The lowest BCUT2D eigenvalue weighted by Crippen LogP contribution is -2.25. The Morgan fingerprint density at radius 1 is 1.56 bits per heavy atom. The zero-order valence-corrected chi connectivity index (χ0v) is 11.3. The standard InChI is InChI=1S/C9H13N5O2S2/c1-6-8(17-5-11-6)4-13-18(15,16)9-7(2-10)3-12-14-9/h3,5,13H,2,4,10H2,1H3,(H,12,14). The van der Waals surface area contributed by atoms with Gasteiger partial charge < -0.3 is 5.73 Å². The molecule has 2 heterocycles. The molecule has 0 aliphatic heterocycles. The summed E-state index contributed by atoms with van der Waals surface area (Å²) in [6, 6.07) is 0. The molecule has 2 aromatic rings. The molecule has 0 saturated heterocycles. The number of nitrogens with one attached hydrogen (secondary N) is 2. The largest absolute Gasteiger partial charge is 0.326 e. The molecular weight excluding hydrogens is 274 g/mol. The van der Waals surface area contributed by atoms with Gasteiger partial charge in [-0.15, -0.1) is 11.3 Å². The van der Waals surface area contributed by atoms with Crippen LogP contribution in [0.5, 0.6) is 0 Å². The van der Waals surface area contributed by atoms with Crippen molar-refractivity contribution >= 4 is 21.4 Å². The van der Waals surface area contributed by atoms with Crippen molar-refractivity contribution in [2.24, 2.45) is 5.73 Å². The summed E-state index contributed by atoms with van der Waals surface area (Å²) >= 11 is 1.41. The first-order chi connectivity index (χ1) is 8.54. The van der Waals surface area contributed by atoms with E-state index < -0.39 is 10.0 Å². The molecule has 0 aromatic carbocycles. The van der Waals surface area contributed by atoms with E-state index in [0.717, 1.165) is 10.6 Å². The molecule has 0 aliphatic rings. The molecule has 4 N–H and O–H groups in total. The Morgan fingerprint density at radius 2 is 2.33 bits per heavy atom. The molecule has 0 atom stereocenters. The maximum absolute atomic E-state index is 12.0. The number of nitrogens with zero attached hydrogens (tertiary/aromatic N) is 2. The van der Waals surface area contributed by atoms with Crippen molar-refractivity contribution in [2.45, 2.75) is 25.0 Å². The van der Waals surface area contributed by atoms with Crippen molar-refractivity contribution in [1.29, 1.82) is 0 Å².